The number of aliphatic hydroxyl groups is 1. The highest BCUT2D eigenvalue weighted by molar-refractivity contribution is 7.12. The SMILES string of the molecule is N#Cc1c(CC(=O)CNc2ccc3c(cnn3CC(O)(Cn3cncn3)c3ccc(F)cc3F)c2)sc2c1CCCC2. The molecule has 0 bridgehead atoms. The van der Waals surface area contributed by atoms with Crippen molar-refractivity contribution in [2.24, 2.45) is 0 Å². The molecule has 5 aromatic rings. The molecule has 12 heteroatoms. The van der Waals surface area contributed by atoms with E-state index >= 15 is 0 Å². The summed E-state index contributed by atoms with van der Waals surface area (Å²) in [6, 6.07) is 10.8. The Morgan fingerprint density at radius 1 is 1.14 bits per heavy atom. The zero-order valence-corrected chi connectivity index (χ0v) is 23.4. The van der Waals surface area contributed by atoms with Crippen LogP contribution >= 0.6 is 11.3 Å². The Hall–Kier alpha value is -4.47. The van der Waals surface area contributed by atoms with E-state index in [1.54, 1.807) is 34.3 Å². The fraction of sp³-hybridized carbons (Fsp3) is 0.300. The van der Waals surface area contributed by atoms with Gasteiger partial charge in [0.05, 0.1) is 36.9 Å². The van der Waals surface area contributed by atoms with Gasteiger partial charge in [-0.1, -0.05) is 6.07 Å². The van der Waals surface area contributed by atoms with Gasteiger partial charge in [-0.15, -0.1) is 11.3 Å². The van der Waals surface area contributed by atoms with Crippen LogP contribution in [0.5, 0.6) is 0 Å². The van der Waals surface area contributed by atoms with Gasteiger partial charge in [0.15, 0.2) is 5.78 Å². The molecule has 9 nitrogen and oxygen atoms in total. The minimum Gasteiger partial charge on any atom is -0.381 e. The summed E-state index contributed by atoms with van der Waals surface area (Å²) in [4.78, 5) is 18.8. The number of rotatable bonds is 10. The van der Waals surface area contributed by atoms with Gasteiger partial charge in [-0.2, -0.15) is 15.5 Å². The molecule has 1 atom stereocenters. The lowest BCUT2D eigenvalue weighted by atomic mass is 9.92. The molecule has 2 N–H and O–H groups in total. The number of carbonyl (C=O) groups excluding carboxylic acids is 1. The second kappa shape index (κ2) is 11.4. The third kappa shape index (κ3) is 5.53. The molecule has 0 aliphatic heterocycles. The molecular formula is C30H27F2N7O2S. The molecule has 1 aliphatic rings. The summed E-state index contributed by atoms with van der Waals surface area (Å²) in [7, 11) is 0. The van der Waals surface area contributed by atoms with Crippen molar-refractivity contribution in [3.63, 3.8) is 0 Å². The second-order valence-electron chi connectivity index (χ2n) is 10.5. The first-order valence-electron chi connectivity index (χ1n) is 13.6. The first kappa shape index (κ1) is 27.7. The van der Waals surface area contributed by atoms with Gasteiger partial charge in [0, 0.05) is 38.9 Å². The summed E-state index contributed by atoms with van der Waals surface area (Å²) in [5.41, 5.74) is 1.28. The van der Waals surface area contributed by atoms with Crippen LogP contribution in [0, 0.1) is 23.0 Å². The highest BCUT2D eigenvalue weighted by atomic mass is 32.1. The number of hydrogen-bond donors (Lipinski definition) is 2. The van der Waals surface area contributed by atoms with E-state index in [9.17, 15) is 23.9 Å². The molecular weight excluding hydrogens is 560 g/mol. The van der Waals surface area contributed by atoms with Gasteiger partial charge in [-0.25, -0.2) is 18.4 Å². The van der Waals surface area contributed by atoms with Crippen molar-refractivity contribution >= 4 is 33.7 Å². The predicted molar refractivity (Wildman–Crippen MR) is 153 cm³/mol. The van der Waals surface area contributed by atoms with E-state index in [-0.39, 0.29) is 37.4 Å². The number of aromatic nitrogens is 5. The number of aryl methyl sites for hydroxylation is 1. The monoisotopic (exact) mass is 587 g/mol. The molecule has 42 heavy (non-hydrogen) atoms. The number of nitrogens with zero attached hydrogens (tertiary/aromatic N) is 6. The Kier molecular flexibility index (Phi) is 7.53. The fourth-order valence-corrected chi connectivity index (χ4v) is 6.93. The van der Waals surface area contributed by atoms with E-state index < -0.39 is 17.2 Å². The lowest BCUT2D eigenvalue weighted by Crippen LogP contribution is -2.37. The van der Waals surface area contributed by atoms with E-state index in [4.69, 9.17) is 0 Å². The molecule has 0 radical (unpaired) electrons. The molecule has 0 fully saturated rings. The number of thiophene rings is 1. The van der Waals surface area contributed by atoms with Gasteiger partial charge in [0.2, 0.25) is 0 Å². The first-order chi connectivity index (χ1) is 20.3. The number of halogens is 2. The molecule has 214 valence electrons. The van der Waals surface area contributed by atoms with Gasteiger partial charge >= 0.3 is 0 Å². The largest absolute Gasteiger partial charge is 0.381 e. The molecule has 6 rings (SSSR count). The van der Waals surface area contributed by atoms with E-state index in [0.29, 0.717) is 16.8 Å². The Morgan fingerprint density at radius 2 is 2.00 bits per heavy atom. The minimum absolute atomic E-state index is 0.0135. The van der Waals surface area contributed by atoms with Crippen molar-refractivity contribution in [3.05, 3.63) is 93.3 Å². The van der Waals surface area contributed by atoms with Gasteiger partial charge in [-0.3, -0.25) is 9.48 Å². The number of benzene rings is 2. The van der Waals surface area contributed by atoms with Crippen LogP contribution in [0.25, 0.3) is 10.9 Å². The number of nitriles is 1. The maximum atomic E-state index is 14.8. The molecule has 0 amide bonds. The third-order valence-corrected chi connectivity index (χ3v) is 8.87. The molecule has 1 unspecified atom stereocenters. The number of carbonyl (C=O) groups is 1. The Labute approximate surface area is 244 Å². The number of hydrogen-bond acceptors (Lipinski definition) is 8. The van der Waals surface area contributed by atoms with Crippen molar-refractivity contribution in [2.45, 2.75) is 50.8 Å². The fourth-order valence-electron chi connectivity index (χ4n) is 5.56. The van der Waals surface area contributed by atoms with Crippen molar-refractivity contribution in [1.82, 2.24) is 24.5 Å². The van der Waals surface area contributed by atoms with Gasteiger partial charge in [-0.05, 0) is 55.5 Å². The highest BCUT2D eigenvalue weighted by Gasteiger charge is 2.35. The molecule has 0 saturated heterocycles. The zero-order chi connectivity index (χ0) is 29.3. The Bertz CT molecular complexity index is 1810. The summed E-state index contributed by atoms with van der Waals surface area (Å²) in [5, 5.41) is 33.7. The van der Waals surface area contributed by atoms with E-state index in [1.165, 1.54) is 28.3 Å². The Morgan fingerprint density at radius 3 is 2.79 bits per heavy atom. The predicted octanol–water partition coefficient (Wildman–Crippen LogP) is 4.53. The lowest BCUT2D eigenvalue weighted by Gasteiger charge is -2.29. The van der Waals surface area contributed by atoms with E-state index in [0.717, 1.165) is 53.6 Å². The minimum atomic E-state index is -1.82. The Balaban J connectivity index is 1.18. The molecule has 1 aliphatic carbocycles. The maximum absolute atomic E-state index is 14.8. The average molecular weight is 588 g/mol. The first-order valence-corrected chi connectivity index (χ1v) is 14.4. The number of Topliss-reactive ketones (excluding diaryl/α,β-unsaturated/α-hetero) is 1. The van der Waals surface area contributed by atoms with Crippen LogP contribution in [0.3, 0.4) is 0 Å². The number of ketones is 1. The number of anilines is 1. The van der Waals surface area contributed by atoms with Crippen LogP contribution < -0.4 is 5.32 Å². The van der Waals surface area contributed by atoms with Crippen molar-refractivity contribution in [3.8, 4) is 6.07 Å². The second-order valence-corrected chi connectivity index (χ2v) is 11.7. The normalized spacial score (nSPS) is 14.3. The molecule has 0 spiro atoms. The summed E-state index contributed by atoms with van der Waals surface area (Å²) < 4.78 is 31.4. The van der Waals surface area contributed by atoms with Crippen LogP contribution in [0.4, 0.5) is 14.5 Å². The van der Waals surface area contributed by atoms with Crippen LogP contribution in [0.15, 0.2) is 55.2 Å². The topological polar surface area (TPSA) is 122 Å². The van der Waals surface area contributed by atoms with Crippen LogP contribution in [-0.2, 0) is 42.7 Å². The summed E-state index contributed by atoms with van der Waals surface area (Å²) in [6.07, 6.45) is 8.64. The van der Waals surface area contributed by atoms with Crippen molar-refractivity contribution in [1.29, 1.82) is 5.26 Å². The molecule has 3 heterocycles. The smallest absolute Gasteiger partial charge is 0.157 e. The molecule has 2 aromatic carbocycles. The van der Waals surface area contributed by atoms with Gasteiger partial charge in [0.25, 0.3) is 0 Å². The average Bonchev–Trinajstić information content (AvgIpc) is 3.70. The van der Waals surface area contributed by atoms with Crippen LogP contribution in [0.2, 0.25) is 0 Å². The van der Waals surface area contributed by atoms with Crippen LogP contribution in [-0.4, -0.2) is 42.0 Å². The number of nitrogens with one attached hydrogen (secondary N) is 1. The highest BCUT2D eigenvalue weighted by Crippen LogP contribution is 2.34. The molecule has 3 aromatic heterocycles. The van der Waals surface area contributed by atoms with E-state index in [1.807, 2.05) is 6.07 Å². The molecule has 0 saturated carbocycles. The van der Waals surface area contributed by atoms with Crippen LogP contribution in [0.1, 0.15) is 39.3 Å². The lowest BCUT2D eigenvalue weighted by molar-refractivity contribution is -0.116. The maximum Gasteiger partial charge on any atom is 0.157 e. The van der Waals surface area contributed by atoms with E-state index in [2.05, 4.69) is 26.6 Å². The van der Waals surface area contributed by atoms with Crippen molar-refractivity contribution in [2.75, 3.05) is 11.9 Å². The third-order valence-electron chi connectivity index (χ3n) is 7.58. The zero-order valence-electron chi connectivity index (χ0n) is 22.6. The standard InChI is InChI=1S/C30H27F2N7O2S/c31-20-5-7-25(26(32)10-20)30(41,15-38-18-34-17-37-38)16-39-27-8-6-21(9-19(27)13-36-39)35-14-22(40)11-29-24(12-33)23-3-1-2-4-28(23)42-29/h5-10,13,17-18,35,41H,1-4,11,14-16H2. The van der Waals surface area contributed by atoms with Gasteiger partial charge in [0.1, 0.15) is 36.0 Å². The summed E-state index contributed by atoms with van der Waals surface area (Å²) >= 11 is 1.59. The van der Waals surface area contributed by atoms with Crippen molar-refractivity contribution < 1.29 is 18.7 Å². The quantitative estimate of drug-likeness (QED) is 0.246. The van der Waals surface area contributed by atoms with Gasteiger partial charge < -0.3 is 10.4 Å². The summed E-state index contributed by atoms with van der Waals surface area (Å²) in [6.45, 7) is -0.176. The number of fused-ring (bicyclic) bond motifs is 2. The summed E-state index contributed by atoms with van der Waals surface area (Å²) in [5.74, 6) is -1.64.